The Labute approximate surface area is 336 Å². The van der Waals surface area contributed by atoms with Crippen LogP contribution in [0, 0.1) is 17.7 Å². The first kappa shape index (κ1) is 37.3. The Bertz CT molecular complexity index is 2660. The molecule has 4 amide bonds. The third-order valence-corrected chi connectivity index (χ3v) is 16.3. The van der Waals surface area contributed by atoms with E-state index in [1.807, 2.05) is 21.8 Å². The van der Waals surface area contributed by atoms with Crippen LogP contribution >= 0.6 is 11.8 Å². The number of nitrogens with one attached hydrogen (secondary N) is 2. The molecule has 0 radical (unpaired) electrons. The molecule has 1 aromatic heterocycles. The number of carbonyl (C=O) groups is 4. The van der Waals surface area contributed by atoms with E-state index in [9.17, 15) is 37.5 Å². The maximum absolute atomic E-state index is 15.9. The van der Waals surface area contributed by atoms with Gasteiger partial charge in [0.25, 0.3) is 5.91 Å². The number of phenols is 1. The Kier molecular flexibility index (Phi) is 8.56. The van der Waals surface area contributed by atoms with E-state index in [0.29, 0.717) is 46.6 Å². The second-order valence-electron chi connectivity index (χ2n) is 16.8. The summed E-state index contributed by atoms with van der Waals surface area (Å²) in [7, 11) is -2.61. The van der Waals surface area contributed by atoms with Crippen LogP contribution in [0.4, 0.5) is 10.1 Å². The minimum atomic E-state index is -4.33. The fraction of sp³-hybridized carbons (Fsp3) is 0.475. The lowest BCUT2D eigenvalue weighted by Gasteiger charge is -2.32. The second kappa shape index (κ2) is 13.3. The van der Waals surface area contributed by atoms with Gasteiger partial charge in [0.1, 0.15) is 24.0 Å². The molecule has 5 aliphatic heterocycles. The molecule has 3 N–H and O–H groups in total. The van der Waals surface area contributed by atoms with Crippen molar-refractivity contribution in [2.24, 2.45) is 18.9 Å². The van der Waals surface area contributed by atoms with Gasteiger partial charge in [0.05, 0.1) is 15.8 Å². The topological polar surface area (TPSA) is 183 Å². The summed E-state index contributed by atoms with van der Waals surface area (Å²) in [6, 6.07) is 11.9. The number of hydrogen-bond acceptors (Lipinski definition) is 10. The molecule has 10 rings (SSSR count). The van der Waals surface area contributed by atoms with E-state index in [2.05, 4.69) is 22.3 Å². The number of benzene rings is 3. The number of imide groups is 1. The molecular formula is C40H42FN7O8S2. The molecule has 58 heavy (non-hydrogen) atoms. The molecular weight excluding hydrogens is 790 g/mol. The van der Waals surface area contributed by atoms with Gasteiger partial charge in [0.2, 0.25) is 17.7 Å². The zero-order valence-electron chi connectivity index (χ0n) is 31.6. The molecule has 5 atom stereocenters. The molecule has 1 spiro atoms. The second-order valence-corrected chi connectivity index (χ2v) is 19.9. The van der Waals surface area contributed by atoms with Crippen LogP contribution in [0.5, 0.6) is 5.75 Å². The number of aromatic hydroxyl groups is 1. The standard InChI is InChI=1S/C40H42FN7O8S2/c1-44-30-16-22(4-5-28(30)48(39(44)54)29-6-7-32(50)42-37(29)52)21-8-11-45(12-9-21)18-25-15-27(25)38(53)46-13-10-40(20-46)36(57-40)24-3-2-23-17-31(49)35(34(41)26(23)14-24)47-19-33(51)43-58(47,55)56/h2-5,14,16-17,21,25,27,29,36,49H,6-13,15,18-20H2,1H3,(H,43,51)(H,42,50,52)/t25?,27?,29-,36+,40?/m1/s1. The monoisotopic (exact) mass is 831 g/mol. The number of amides is 4. The van der Waals surface area contributed by atoms with Gasteiger partial charge in [-0.3, -0.25) is 33.6 Å². The number of hydrogen-bond donors (Lipinski definition) is 3. The maximum Gasteiger partial charge on any atom is 0.329 e. The van der Waals surface area contributed by atoms with Gasteiger partial charge in [-0.05, 0) is 97.8 Å². The summed E-state index contributed by atoms with van der Waals surface area (Å²) in [6.07, 6.45) is 4.11. The minimum Gasteiger partial charge on any atom is -0.506 e. The molecule has 3 unspecified atom stereocenters. The van der Waals surface area contributed by atoms with E-state index >= 15 is 4.39 Å². The van der Waals surface area contributed by atoms with E-state index in [1.54, 1.807) is 35.5 Å². The SMILES string of the molecule is Cn1c(=O)n([C@@H]2CCC(=O)NC2=O)c2ccc(C3CCN(CC4CC4C(=O)N4CCC5(C4)S[C@H]5c4ccc5cc(O)c(N6CC(=O)NS6(=O)=O)c(F)c5c4)CC3)cc21. The van der Waals surface area contributed by atoms with E-state index < -0.39 is 51.9 Å². The molecule has 1 aliphatic carbocycles. The summed E-state index contributed by atoms with van der Waals surface area (Å²) in [4.78, 5) is 67.5. The van der Waals surface area contributed by atoms with Crippen LogP contribution in [0.2, 0.25) is 0 Å². The van der Waals surface area contributed by atoms with Crippen molar-refractivity contribution in [3.8, 4) is 5.75 Å². The molecule has 6 fully saturated rings. The minimum absolute atomic E-state index is 0.0104. The highest BCUT2D eigenvalue weighted by Crippen LogP contribution is 2.69. The Morgan fingerprint density at radius 3 is 2.50 bits per heavy atom. The number of fused-ring (bicyclic) bond motifs is 2. The first-order chi connectivity index (χ1) is 27.7. The number of rotatable bonds is 7. The number of imidazole rings is 1. The lowest BCUT2D eigenvalue weighted by Crippen LogP contribution is -2.44. The van der Waals surface area contributed by atoms with Crippen molar-refractivity contribution in [3.63, 3.8) is 0 Å². The van der Waals surface area contributed by atoms with Gasteiger partial charge >= 0.3 is 15.9 Å². The number of anilines is 1. The molecule has 304 valence electrons. The van der Waals surface area contributed by atoms with Crippen LogP contribution in [0.3, 0.4) is 0 Å². The summed E-state index contributed by atoms with van der Waals surface area (Å²) in [6.45, 7) is 3.36. The van der Waals surface area contributed by atoms with Crippen LogP contribution < -0.4 is 20.0 Å². The van der Waals surface area contributed by atoms with Gasteiger partial charge in [-0.1, -0.05) is 18.2 Å². The van der Waals surface area contributed by atoms with Crippen molar-refractivity contribution in [2.75, 3.05) is 43.6 Å². The van der Waals surface area contributed by atoms with Crippen molar-refractivity contribution in [1.82, 2.24) is 29.0 Å². The number of likely N-dealkylation sites (tertiary alicyclic amines) is 2. The number of piperidine rings is 2. The molecule has 3 aromatic carbocycles. The predicted molar refractivity (Wildman–Crippen MR) is 213 cm³/mol. The highest BCUT2D eigenvalue weighted by atomic mass is 32.2. The van der Waals surface area contributed by atoms with Crippen LogP contribution in [0.25, 0.3) is 21.8 Å². The average molecular weight is 832 g/mol. The number of halogens is 1. The fourth-order valence-electron chi connectivity index (χ4n) is 9.90. The van der Waals surface area contributed by atoms with Crippen LogP contribution in [0.1, 0.15) is 66.9 Å². The van der Waals surface area contributed by atoms with Crippen molar-refractivity contribution >= 4 is 73.1 Å². The quantitative estimate of drug-likeness (QED) is 0.185. The number of aromatic nitrogens is 2. The maximum atomic E-state index is 15.9. The Hall–Kier alpha value is -4.94. The zero-order chi connectivity index (χ0) is 40.4. The molecule has 15 nitrogen and oxygen atoms in total. The van der Waals surface area contributed by atoms with E-state index in [1.165, 1.54) is 10.6 Å². The summed E-state index contributed by atoms with van der Waals surface area (Å²) in [5.41, 5.74) is 2.64. The summed E-state index contributed by atoms with van der Waals surface area (Å²) in [5, 5.41) is 13.5. The zero-order valence-corrected chi connectivity index (χ0v) is 33.3. The number of carbonyl (C=O) groups excluding carboxylic acids is 4. The van der Waals surface area contributed by atoms with Crippen molar-refractivity contribution in [3.05, 3.63) is 69.9 Å². The average Bonchev–Trinajstić information content (AvgIpc) is 4.01. The van der Waals surface area contributed by atoms with Crippen molar-refractivity contribution < 1.29 is 37.1 Å². The number of thioether (sulfide) groups is 1. The molecule has 5 saturated heterocycles. The first-order valence-electron chi connectivity index (χ1n) is 19.7. The molecule has 6 heterocycles. The van der Waals surface area contributed by atoms with Gasteiger partial charge in [-0.25, -0.2) is 18.2 Å². The van der Waals surface area contributed by atoms with Gasteiger partial charge in [-0.2, -0.15) is 8.42 Å². The molecule has 0 bridgehead atoms. The molecule has 18 heteroatoms. The van der Waals surface area contributed by atoms with E-state index in [0.717, 1.165) is 62.0 Å². The van der Waals surface area contributed by atoms with Gasteiger partial charge < -0.3 is 14.9 Å². The third-order valence-electron chi connectivity index (χ3n) is 13.2. The lowest BCUT2D eigenvalue weighted by atomic mass is 9.89. The normalized spacial score (nSPS) is 28.5. The summed E-state index contributed by atoms with van der Waals surface area (Å²) < 4.78 is 46.1. The molecule has 4 aromatic rings. The van der Waals surface area contributed by atoms with E-state index in [-0.39, 0.29) is 45.2 Å². The Morgan fingerprint density at radius 2 is 1.76 bits per heavy atom. The fourth-order valence-corrected chi connectivity index (χ4v) is 12.5. The Morgan fingerprint density at radius 1 is 0.983 bits per heavy atom. The number of phenolic OH excluding ortho intramolecular Hbond substituents is 1. The smallest absolute Gasteiger partial charge is 0.329 e. The first-order valence-corrected chi connectivity index (χ1v) is 22.1. The van der Waals surface area contributed by atoms with Gasteiger partial charge in [-0.15, -0.1) is 11.8 Å². The highest BCUT2D eigenvalue weighted by Gasteiger charge is 2.61. The van der Waals surface area contributed by atoms with Crippen LogP contribution in [-0.2, 0) is 36.4 Å². The van der Waals surface area contributed by atoms with Crippen molar-refractivity contribution in [1.29, 1.82) is 0 Å². The number of aryl methyl sites for hydroxylation is 1. The number of nitrogens with zero attached hydrogens (tertiary/aromatic N) is 5. The molecule has 6 aliphatic rings. The predicted octanol–water partition coefficient (Wildman–Crippen LogP) is 2.77. The largest absolute Gasteiger partial charge is 0.506 e. The van der Waals surface area contributed by atoms with E-state index in [4.69, 9.17) is 0 Å². The van der Waals surface area contributed by atoms with Crippen molar-refractivity contribution in [2.45, 2.75) is 60.5 Å². The van der Waals surface area contributed by atoms with Gasteiger partial charge in [0, 0.05) is 49.7 Å². The van der Waals surface area contributed by atoms with Crippen LogP contribution in [-0.4, -0.2) is 100 Å². The van der Waals surface area contributed by atoms with Crippen LogP contribution in [0.15, 0.2) is 47.3 Å². The lowest BCUT2D eigenvalue weighted by molar-refractivity contribution is -0.136. The molecule has 1 saturated carbocycles. The Balaban J connectivity index is 0.745. The highest BCUT2D eigenvalue weighted by molar-refractivity contribution is 8.08. The third kappa shape index (κ3) is 6.08. The summed E-state index contributed by atoms with van der Waals surface area (Å²) in [5.74, 6) is -2.21. The van der Waals surface area contributed by atoms with Gasteiger partial charge in [0.15, 0.2) is 5.82 Å². The summed E-state index contributed by atoms with van der Waals surface area (Å²) >= 11 is 1.76.